The lowest BCUT2D eigenvalue weighted by Gasteiger charge is -2.11. The summed E-state index contributed by atoms with van der Waals surface area (Å²) in [4.78, 5) is 12.4. The van der Waals surface area contributed by atoms with Gasteiger partial charge in [-0.05, 0) is 30.3 Å². The van der Waals surface area contributed by atoms with Crippen molar-refractivity contribution in [3.05, 3.63) is 48.4 Å². The number of furan rings is 1. The van der Waals surface area contributed by atoms with Crippen LogP contribution < -0.4 is 10.6 Å². The van der Waals surface area contributed by atoms with Crippen LogP contribution in [0.1, 0.15) is 11.9 Å². The molecule has 1 heterocycles. The highest BCUT2D eigenvalue weighted by Gasteiger charge is 2.12. The predicted octanol–water partition coefficient (Wildman–Crippen LogP) is 1.87. The number of aliphatic hydroxyl groups is 1. The number of carbonyl (C=O) groups is 1. The Labute approximate surface area is 124 Å². The van der Waals surface area contributed by atoms with Crippen LogP contribution in [0.4, 0.5) is 10.5 Å². The van der Waals surface area contributed by atoms with Crippen LogP contribution in [0.5, 0.6) is 0 Å². The van der Waals surface area contributed by atoms with Gasteiger partial charge in [-0.25, -0.2) is 4.79 Å². The Kier molecular flexibility index (Phi) is 5.13. The van der Waals surface area contributed by atoms with E-state index in [2.05, 4.69) is 10.6 Å². The molecule has 7 heteroatoms. The molecule has 2 aromatic rings. The fourth-order valence-electron chi connectivity index (χ4n) is 1.70. The Balaban J connectivity index is 1.87. The van der Waals surface area contributed by atoms with Crippen molar-refractivity contribution in [3.8, 4) is 0 Å². The van der Waals surface area contributed by atoms with E-state index in [0.717, 1.165) is 0 Å². The summed E-state index contributed by atoms with van der Waals surface area (Å²) >= 11 is 0. The first-order valence-electron chi connectivity index (χ1n) is 6.26. The van der Waals surface area contributed by atoms with Crippen molar-refractivity contribution < 1.29 is 18.5 Å². The molecular formula is C14H16N2O4S. The van der Waals surface area contributed by atoms with Crippen LogP contribution in [0.2, 0.25) is 0 Å². The van der Waals surface area contributed by atoms with Crippen LogP contribution in [0, 0.1) is 0 Å². The molecular weight excluding hydrogens is 292 g/mol. The first kappa shape index (κ1) is 15.3. The molecule has 3 N–H and O–H groups in total. The van der Waals surface area contributed by atoms with Crippen LogP contribution in [-0.4, -0.2) is 28.1 Å². The highest BCUT2D eigenvalue weighted by molar-refractivity contribution is 7.84. The van der Waals surface area contributed by atoms with Gasteiger partial charge >= 0.3 is 6.03 Å². The minimum absolute atomic E-state index is 0.0265. The van der Waals surface area contributed by atoms with Gasteiger partial charge in [-0.1, -0.05) is 6.07 Å². The van der Waals surface area contributed by atoms with Crippen LogP contribution in [-0.2, 0) is 10.8 Å². The molecule has 0 aliphatic carbocycles. The summed E-state index contributed by atoms with van der Waals surface area (Å²) in [6.07, 6.45) is 2.12. The molecule has 0 aliphatic heterocycles. The Hall–Kier alpha value is -2.12. The Morgan fingerprint density at radius 2 is 2.19 bits per heavy atom. The van der Waals surface area contributed by atoms with Gasteiger partial charge in [0.2, 0.25) is 0 Å². The highest BCUT2D eigenvalue weighted by atomic mass is 32.2. The monoisotopic (exact) mass is 308 g/mol. The van der Waals surface area contributed by atoms with Gasteiger partial charge in [0.1, 0.15) is 11.9 Å². The second-order valence-electron chi connectivity index (χ2n) is 4.35. The molecule has 2 amide bonds. The number of aliphatic hydroxyl groups excluding tert-OH is 1. The van der Waals surface area contributed by atoms with E-state index in [0.29, 0.717) is 16.3 Å². The molecule has 2 atom stereocenters. The number of hydrogen-bond donors (Lipinski definition) is 3. The molecule has 1 aromatic heterocycles. The zero-order valence-electron chi connectivity index (χ0n) is 11.4. The van der Waals surface area contributed by atoms with E-state index in [4.69, 9.17) is 4.42 Å². The topological polar surface area (TPSA) is 91.6 Å². The van der Waals surface area contributed by atoms with E-state index in [1.807, 2.05) is 0 Å². The fourth-order valence-corrected chi connectivity index (χ4v) is 2.26. The average Bonchev–Trinajstić information content (AvgIpc) is 2.99. The molecule has 0 spiro atoms. The predicted molar refractivity (Wildman–Crippen MR) is 79.5 cm³/mol. The zero-order chi connectivity index (χ0) is 15.2. The molecule has 112 valence electrons. The molecule has 0 bridgehead atoms. The lowest BCUT2D eigenvalue weighted by atomic mass is 10.3. The molecule has 2 rings (SSSR count). The summed E-state index contributed by atoms with van der Waals surface area (Å²) in [5, 5.41) is 14.9. The summed E-state index contributed by atoms with van der Waals surface area (Å²) in [6, 6.07) is 9.60. The summed E-state index contributed by atoms with van der Waals surface area (Å²) < 4.78 is 16.4. The number of amides is 2. The average molecular weight is 308 g/mol. The van der Waals surface area contributed by atoms with Crippen molar-refractivity contribution in [2.24, 2.45) is 0 Å². The maximum absolute atomic E-state index is 11.7. The molecule has 1 aromatic carbocycles. The molecule has 6 nitrogen and oxygen atoms in total. The number of anilines is 1. The van der Waals surface area contributed by atoms with Crippen molar-refractivity contribution in [1.82, 2.24) is 5.32 Å². The summed E-state index contributed by atoms with van der Waals surface area (Å²) in [5.41, 5.74) is 0.535. The van der Waals surface area contributed by atoms with Crippen molar-refractivity contribution in [3.63, 3.8) is 0 Å². The quantitative estimate of drug-likeness (QED) is 0.786. The Morgan fingerprint density at radius 1 is 1.38 bits per heavy atom. The van der Waals surface area contributed by atoms with E-state index < -0.39 is 22.9 Å². The molecule has 0 radical (unpaired) electrons. The summed E-state index contributed by atoms with van der Waals surface area (Å²) in [5.74, 6) is 0.388. The normalized spacial score (nSPS) is 13.4. The molecule has 21 heavy (non-hydrogen) atoms. The second kappa shape index (κ2) is 7.05. The largest absolute Gasteiger partial charge is 0.467 e. The lowest BCUT2D eigenvalue weighted by molar-refractivity contribution is 0.149. The minimum Gasteiger partial charge on any atom is -0.467 e. The van der Waals surface area contributed by atoms with Gasteiger partial charge in [0, 0.05) is 27.6 Å². The smallest absolute Gasteiger partial charge is 0.319 e. The van der Waals surface area contributed by atoms with Gasteiger partial charge in [0.05, 0.1) is 12.8 Å². The first-order chi connectivity index (χ1) is 10.1. The molecule has 0 saturated heterocycles. The number of urea groups is 1. The Morgan fingerprint density at radius 3 is 2.86 bits per heavy atom. The van der Waals surface area contributed by atoms with Gasteiger partial charge in [-0.3, -0.25) is 4.21 Å². The van der Waals surface area contributed by atoms with Gasteiger partial charge in [0.25, 0.3) is 0 Å². The molecule has 0 unspecified atom stereocenters. The Bertz CT molecular complexity index is 628. The van der Waals surface area contributed by atoms with Crippen molar-refractivity contribution >= 4 is 22.5 Å². The number of carbonyl (C=O) groups excluding carboxylic acids is 1. The van der Waals surface area contributed by atoms with Gasteiger partial charge in [-0.2, -0.15) is 0 Å². The summed E-state index contributed by atoms with van der Waals surface area (Å²) in [6.45, 7) is 0.0265. The number of nitrogens with one attached hydrogen (secondary N) is 2. The number of benzene rings is 1. The summed E-state index contributed by atoms with van der Waals surface area (Å²) in [7, 11) is -1.11. The van der Waals surface area contributed by atoms with Gasteiger partial charge < -0.3 is 20.2 Å². The van der Waals surface area contributed by atoms with E-state index in [-0.39, 0.29) is 6.54 Å². The zero-order valence-corrected chi connectivity index (χ0v) is 12.2. The highest BCUT2D eigenvalue weighted by Crippen LogP contribution is 2.14. The third-order valence-corrected chi connectivity index (χ3v) is 3.67. The fraction of sp³-hybridized carbons (Fsp3) is 0.214. The third kappa shape index (κ3) is 4.44. The standard InChI is InChI=1S/C14H16N2O4S/c1-21(19)11-5-2-4-10(8-11)16-14(18)15-9-12(17)13-6-3-7-20-13/h2-8,12,17H,9H2,1H3,(H2,15,16,18)/t12-,21-/m1/s1. The van der Waals surface area contributed by atoms with E-state index in [1.165, 1.54) is 6.26 Å². The van der Waals surface area contributed by atoms with Crippen molar-refractivity contribution in [1.29, 1.82) is 0 Å². The first-order valence-corrected chi connectivity index (χ1v) is 7.82. The number of rotatable bonds is 5. The van der Waals surface area contributed by atoms with E-state index in [1.54, 1.807) is 42.7 Å². The molecule has 0 aliphatic rings. The second-order valence-corrected chi connectivity index (χ2v) is 5.73. The SMILES string of the molecule is C[S@@](=O)c1cccc(NC(=O)NC[C@@H](O)c2ccco2)c1. The van der Waals surface area contributed by atoms with Crippen LogP contribution in [0.15, 0.2) is 52.0 Å². The van der Waals surface area contributed by atoms with Crippen LogP contribution in [0.3, 0.4) is 0 Å². The van der Waals surface area contributed by atoms with Crippen LogP contribution >= 0.6 is 0 Å². The van der Waals surface area contributed by atoms with E-state index >= 15 is 0 Å². The minimum atomic E-state index is -1.11. The number of hydrogen-bond acceptors (Lipinski definition) is 4. The molecule has 0 saturated carbocycles. The third-order valence-electron chi connectivity index (χ3n) is 2.75. The lowest BCUT2D eigenvalue weighted by Crippen LogP contribution is -2.32. The van der Waals surface area contributed by atoms with Crippen molar-refractivity contribution in [2.75, 3.05) is 18.1 Å². The maximum atomic E-state index is 11.7. The van der Waals surface area contributed by atoms with Crippen LogP contribution in [0.25, 0.3) is 0 Å². The maximum Gasteiger partial charge on any atom is 0.319 e. The molecule has 0 fully saturated rings. The van der Waals surface area contributed by atoms with Gasteiger partial charge in [-0.15, -0.1) is 0 Å². The van der Waals surface area contributed by atoms with Crippen molar-refractivity contribution in [2.45, 2.75) is 11.0 Å². The van der Waals surface area contributed by atoms with Gasteiger partial charge in [0.15, 0.2) is 0 Å². The van der Waals surface area contributed by atoms with E-state index in [9.17, 15) is 14.1 Å².